The Morgan fingerprint density at radius 3 is 3.04 bits per heavy atom. The van der Waals surface area contributed by atoms with Crippen LogP contribution in [0.1, 0.15) is 35.4 Å². The minimum atomic E-state index is -0.0814. The lowest BCUT2D eigenvalue weighted by Crippen LogP contribution is -2.41. The van der Waals surface area contributed by atoms with Gasteiger partial charge in [-0.3, -0.25) is 4.79 Å². The Bertz CT molecular complexity index is 910. The predicted octanol–water partition coefficient (Wildman–Crippen LogP) is 1.10. The summed E-state index contributed by atoms with van der Waals surface area (Å²) in [5.74, 6) is 1.80. The zero-order valence-corrected chi connectivity index (χ0v) is 13.7. The minimum absolute atomic E-state index is 0.0814. The van der Waals surface area contributed by atoms with Crippen molar-refractivity contribution in [2.75, 3.05) is 0 Å². The van der Waals surface area contributed by atoms with Gasteiger partial charge in [-0.2, -0.15) is 0 Å². The Balaban J connectivity index is 1.51. The molecule has 0 aliphatic carbocycles. The normalized spacial score (nSPS) is 17.0. The van der Waals surface area contributed by atoms with Crippen molar-refractivity contribution in [2.45, 2.75) is 45.8 Å². The molecule has 124 valence electrons. The van der Waals surface area contributed by atoms with Crippen molar-refractivity contribution in [3.05, 3.63) is 35.4 Å². The molecule has 1 atom stereocenters. The lowest BCUT2D eigenvalue weighted by molar-refractivity contribution is 0.0927. The smallest absolute Gasteiger partial charge is 0.251 e. The molecule has 0 saturated heterocycles. The van der Waals surface area contributed by atoms with Crippen LogP contribution in [0.5, 0.6) is 0 Å². The van der Waals surface area contributed by atoms with Gasteiger partial charge >= 0.3 is 0 Å². The molecule has 1 aliphatic heterocycles. The molecule has 8 heteroatoms. The molecule has 1 amide bonds. The summed E-state index contributed by atoms with van der Waals surface area (Å²) >= 11 is 0. The average Bonchev–Trinajstić information content (AvgIpc) is 3.18. The van der Waals surface area contributed by atoms with Gasteiger partial charge in [0.05, 0.1) is 5.52 Å². The Hall–Kier alpha value is -2.77. The predicted molar refractivity (Wildman–Crippen MR) is 87.5 cm³/mol. The van der Waals surface area contributed by atoms with E-state index >= 15 is 0 Å². The van der Waals surface area contributed by atoms with Crippen LogP contribution < -0.4 is 5.32 Å². The largest absolute Gasteiger partial charge is 0.347 e. The second-order valence-electron chi connectivity index (χ2n) is 6.09. The van der Waals surface area contributed by atoms with Crippen LogP contribution in [0, 0.1) is 6.92 Å². The SMILES string of the molecule is CCn1nnc2cc(C(=O)NC3CCc4nnc(C)n4C3)ccc21. The topological polar surface area (TPSA) is 90.5 Å². The highest BCUT2D eigenvalue weighted by Gasteiger charge is 2.23. The van der Waals surface area contributed by atoms with E-state index < -0.39 is 0 Å². The lowest BCUT2D eigenvalue weighted by atomic mass is 10.1. The summed E-state index contributed by atoms with van der Waals surface area (Å²) in [5.41, 5.74) is 2.29. The summed E-state index contributed by atoms with van der Waals surface area (Å²) in [6, 6.07) is 5.60. The Kier molecular flexibility index (Phi) is 3.51. The van der Waals surface area contributed by atoms with Crippen molar-refractivity contribution in [3.8, 4) is 0 Å². The van der Waals surface area contributed by atoms with Crippen molar-refractivity contribution in [1.82, 2.24) is 35.1 Å². The van der Waals surface area contributed by atoms with Crippen LogP contribution in [0.3, 0.4) is 0 Å². The molecule has 4 rings (SSSR count). The number of amides is 1. The fourth-order valence-electron chi connectivity index (χ4n) is 3.20. The maximum atomic E-state index is 12.6. The van der Waals surface area contributed by atoms with Gasteiger partial charge in [0, 0.05) is 31.1 Å². The first-order valence-corrected chi connectivity index (χ1v) is 8.18. The van der Waals surface area contributed by atoms with Gasteiger partial charge in [-0.25, -0.2) is 4.68 Å². The first kappa shape index (κ1) is 14.8. The number of fused-ring (bicyclic) bond motifs is 2. The van der Waals surface area contributed by atoms with Gasteiger partial charge in [-0.15, -0.1) is 15.3 Å². The third-order valence-corrected chi connectivity index (χ3v) is 4.54. The van der Waals surface area contributed by atoms with Crippen LogP contribution in [-0.4, -0.2) is 41.7 Å². The number of rotatable bonds is 3. The molecular weight excluding hydrogens is 306 g/mol. The number of benzene rings is 1. The monoisotopic (exact) mass is 325 g/mol. The molecular formula is C16H19N7O. The highest BCUT2D eigenvalue weighted by Crippen LogP contribution is 2.17. The summed E-state index contributed by atoms with van der Waals surface area (Å²) in [5, 5.41) is 19.6. The molecule has 0 saturated carbocycles. The zero-order chi connectivity index (χ0) is 16.7. The van der Waals surface area contributed by atoms with Gasteiger partial charge in [-0.05, 0) is 38.5 Å². The van der Waals surface area contributed by atoms with E-state index in [2.05, 4.69) is 30.4 Å². The summed E-state index contributed by atoms with van der Waals surface area (Å²) in [6.45, 7) is 5.42. The fourth-order valence-corrected chi connectivity index (χ4v) is 3.20. The van der Waals surface area contributed by atoms with Crippen LogP contribution in [0.15, 0.2) is 18.2 Å². The van der Waals surface area contributed by atoms with E-state index in [1.807, 2.05) is 30.7 Å². The van der Waals surface area contributed by atoms with Crippen LogP contribution in [0.4, 0.5) is 0 Å². The number of hydrogen-bond donors (Lipinski definition) is 1. The Labute approximate surface area is 138 Å². The van der Waals surface area contributed by atoms with Crippen LogP contribution >= 0.6 is 0 Å². The van der Waals surface area contributed by atoms with E-state index in [0.29, 0.717) is 12.1 Å². The van der Waals surface area contributed by atoms with E-state index in [1.165, 1.54) is 0 Å². The third-order valence-electron chi connectivity index (χ3n) is 4.54. The molecule has 3 heterocycles. The molecule has 1 aliphatic rings. The maximum absolute atomic E-state index is 12.6. The van der Waals surface area contributed by atoms with Crippen molar-refractivity contribution in [2.24, 2.45) is 0 Å². The van der Waals surface area contributed by atoms with Crippen molar-refractivity contribution in [3.63, 3.8) is 0 Å². The number of nitrogens with zero attached hydrogens (tertiary/aromatic N) is 6. The van der Waals surface area contributed by atoms with Crippen LogP contribution in [0.2, 0.25) is 0 Å². The van der Waals surface area contributed by atoms with Gasteiger partial charge in [0.15, 0.2) is 0 Å². The van der Waals surface area contributed by atoms with E-state index in [1.54, 1.807) is 6.07 Å². The fraction of sp³-hybridized carbons (Fsp3) is 0.438. The van der Waals surface area contributed by atoms with Crippen molar-refractivity contribution >= 4 is 16.9 Å². The maximum Gasteiger partial charge on any atom is 0.251 e. The van der Waals surface area contributed by atoms with Crippen molar-refractivity contribution in [1.29, 1.82) is 0 Å². The third kappa shape index (κ3) is 2.44. The van der Waals surface area contributed by atoms with Crippen molar-refractivity contribution < 1.29 is 4.79 Å². The van der Waals surface area contributed by atoms with Gasteiger partial charge in [0.25, 0.3) is 5.91 Å². The average molecular weight is 325 g/mol. The number of carbonyl (C=O) groups is 1. The Morgan fingerprint density at radius 2 is 2.21 bits per heavy atom. The van der Waals surface area contributed by atoms with Crippen LogP contribution in [-0.2, 0) is 19.5 Å². The van der Waals surface area contributed by atoms with Gasteiger partial charge in [0.1, 0.15) is 17.2 Å². The number of hydrogen-bond acceptors (Lipinski definition) is 5. The molecule has 1 N–H and O–H groups in total. The molecule has 8 nitrogen and oxygen atoms in total. The molecule has 0 spiro atoms. The quantitative estimate of drug-likeness (QED) is 0.778. The van der Waals surface area contributed by atoms with Crippen LogP contribution in [0.25, 0.3) is 11.0 Å². The van der Waals surface area contributed by atoms with E-state index in [0.717, 1.165) is 42.1 Å². The number of aromatic nitrogens is 6. The molecule has 0 bridgehead atoms. The number of aryl methyl sites for hydroxylation is 3. The molecule has 1 unspecified atom stereocenters. The second kappa shape index (κ2) is 5.70. The summed E-state index contributed by atoms with van der Waals surface area (Å²) in [6.07, 6.45) is 1.70. The summed E-state index contributed by atoms with van der Waals surface area (Å²) < 4.78 is 3.89. The number of carbonyl (C=O) groups excluding carboxylic acids is 1. The zero-order valence-electron chi connectivity index (χ0n) is 13.7. The standard InChI is InChI=1S/C16H19N7O/c1-3-23-14-6-4-11(8-13(14)19-21-23)16(24)17-12-5-7-15-20-18-10(2)22(15)9-12/h4,6,8,12H,3,5,7,9H2,1-2H3,(H,17,24). The molecule has 0 fully saturated rings. The lowest BCUT2D eigenvalue weighted by Gasteiger charge is -2.24. The Morgan fingerprint density at radius 1 is 1.33 bits per heavy atom. The van der Waals surface area contributed by atoms with Gasteiger partial charge in [-0.1, -0.05) is 5.21 Å². The first-order valence-electron chi connectivity index (χ1n) is 8.18. The van der Waals surface area contributed by atoms with E-state index in [9.17, 15) is 4.79 Å². The molecule has 2 aromatic heterocycles. The van der Waals surface area contributed by atoms with E-state index in [4.69, 9.17) is 0 Å². The minimum Gasteiger partial charge on any atom is -0.347 e. The van der Waals surface area contributed by atoms with Gasteiger partial charge < -0.3 is 9.88 Å². The molecule has 24 heavy (non-hydrogen) atoms. The molecule has 1 aromatic carbocycles. The second-order valence-corrected chi connectivity index (χ2v) is 6.09. The highest BCUT2D eigenvalue weighted by atomic mass is 16.1. The van der Waals surface area contributed by atoms with Gasteiger partial charge in [0.2, 0.25) is 0 Å². The first-order chi connectivity index (χ1) is 11.7. The molecule has 3 aromatic rings. The summed E-state index contributed by atoms with van der Waals surface area (Å²) in [7, 11) is 0. The molecule has 0 radical (unpaired) electrons. The van der Waals surface area contributed by atoms with E-state index in [-0.39, 0.29) is 11.9 Å². The summed E-state index contributed by atoms with van der Waals surface area (Å²) in [4.78, 5) is 12.6. The highest BCUT2D eigenvalue weighted by molar-refractivity contribution is 5.97. The number of nitrogens with one attached hydrogen (secondary N) is 1.